The lowest BCUT2D eigenvalue weighted by Gasteiger charge is -2.14. The topological polar surface area (TPSA) is 30.5 Å². The number of nitrogens with one attached hydrogen (secondary N) is 1. The van der Waals surface area contributed by atoms with Gasteiger partial charge in [-0.3, -0.25) is 0 Å². The van der Waals surface area contributed by atoms with Crippen molar-refractivity contribution in [2.75, 3.05) is 19.8 Å². The van der Waals surface area contributed by atoms with E-state index >= 15 is 0 Å². The predicted octanol–water partition coefficient (Wildman–Crippen LogP) is 3.75. The molecule has 0 amide bonds. The van der Waals surface area contributed by atoms with E-state index in [2.05, 4.69) is 47.2 Å². The highest BCUT2D eigenvalue weighted by molar-refractivity contribution is 9.10. The van der Waals surface area contributed by atoms with Gasteiger partial charge in [-0.05, 0) is 49.1 Å². The number of ether oxygens (including phenoxy) is 2. The van der Waals surface area contributed by atoms with E-state index in [-0.39, 0.29) is 6.10 Å². The fourth-order valence-corrected chi connectivity index (χ4v) is 2.62. The van der Waals surface area contributed by atoms with Crippen LogP contribution in [0.1, 0.15) is 32.3 Å². The SMILES string of the molecule is CC(C)CNCc1cc(OCC2CCCO2)ccc1Br. The zero-order chi connectivity index (χ0) is 14.4. The third kappa shape index (κ3) is 5.08. The van der Waals surface area contributed by atoms with Crippen LogP contribution in [0.25, 0.3) is 0 Å². The van der Waals surface area contributed by atoms with Gasteiger partial charge in [0.2, 0.25) is 0 Å². The summed E-state index contributed by atoms with van der Waals surface area (Å²) in [5, 5.41) is 3.46. The summed E-state index contributed by atoms with van der Waals surface area (Å²) in [5.74, 6) is 1.58. The van der Waals surface area contributed by atoms with Crippen LogP contribution >= 0.6 is 15.9 Å². The van der Waals surface area contributed by atoms with Gasteiger partial charge in [-0.25, -0.2) is 0 Å². The van der Waals surface area contributed by atoms with Crippen LogP contribution in [-0.2, 0) is 11.3 Å². The lowest BCUT2D eigenvalue weighted by Crippen LogP contribution is -2.19. The van der Waals surface area contributed by atoms with Crippen LogP contribution in [0.5, 0.6) is 5.75 Å². The van der Waals surface area contributed by atoms with Gasteiger partial charge >= 0.3 is 0 Å². The molecule has 1 N–H and O–H groups in total. The van der Waals surface area contributed by atoms with Crippen molar-refractivity contribution < 1.29 is 9.47 Å². The van der Waals surface area contributed by atoms with Gasteiger partial charge < -0.3 is 14.8 Å². The molecular formula is C16H24BrNO2. The van der Waals surface area contributed by atoms with E-state index in [4.69, 9.17) is 9.47 Å². The second-order valence-corrected chi connectivity index (χ2v) is 6.58. The van der Waals surface area contributed by atoms with Crippen LogP contribution in [0.2, 0.25) is 0 Å². The van der Waals surface area contributed by atoms with Crippen molar-refractivity contribution in [1.82, 2.24) is 5.32 Å². The third-order valence-electron chi connectivity index (χ3n) is 3.35. The van der Waals surface area contributed by atoms with E-state index in [1.807, 2.05) is 6.07 Å². The van der Waals surface area contributed by atoms with Crippen molar-refractivity contribution in [3.63, 3.8) is 0 Å². The zero-order valence-electron chi connectivity index (χ0n) is 12.3. The van der Waals surface area contributed by atoms with E-state index in [9.17, 15) is 0 Å². The zero-order valence-corrected chi connectivity index (χ0v) is 13.9. The first-order valence-corrected chi connectivity index (χ1v) is 8.18. The number of benzene rings is 1. The van der Waals surface area contributed by atoms with Gasteiger partial charge in [0, 0.05) is 17.6 Å². The van der Waals surface area contributed by atoms with Crippen molar-refractivity contribution >= 4 is 15.9 Å². The molecule has 1 aliphatic heterocycles. The molecule has 1 fully saturated rings. The molecule has 0 radical (unpaired) electrons. The summed E-state index contributed by atoms with van der Waals surface area (Å²) in [5.41, 5.74) is 1.23. The minimum atomic E-state index is 0.265. The molecule has 0 bridgehead atoms. The van der Waals surface area contributed by atoms with Gasteiger partial charge in [0.1, 0.15) is 12.4 Å². The Balaban J connectivity index is 1.86. The molecule has 0 spiro atoms. The lowest BCUT2D eigenvalue weighted by atomic mass is 10.2. The van der Waals surface area contributed by atoms with Crippen LogP contribution in [0, 0.1) is 5.92 Å². The van der Waals surface area contributed by atoms with Crippen molar-refractivity contribution in [3.8, 4) is 5.75 Å². The van der Waals surface area contributed by atoms with Crippen LogP contribution < -0.4 is 10.1 Å². The molecule has 1 aromatic carbocycles. The molecule has 1 saturated heterocycles. The summed E-state index contributed by atoms with van der Waals surface area (Å²) >= 11 is 3.59. The van der Waals surface area contributed by atoms with Gasteiger partial charge in [-0.1, -0.05) is 29.8 Å². The molecule has 1 heterocycles. The number of rotatable bonds is 7. The summed E-state index contributed by atoms with van der Waals surface area (Å²) in [4.78, 5) is 0. The highest BCUT2D eigenvalue weighted by atomic mass is 79.9. The maximum atomic E-state index is 5.84. The Morgan fingerprint density at radius 2 is 2.30 bits per heavy atom. The highest BCUT2D eigenvalue weighted by Crippen LogP contribution is 2.23. The van der Waals surface area contributed by atoms with Crippen LogP contribution in [0.4, 0.5) is 0 Å². The second kappa shape index (κ2) is 8.01. The van der Waals surface area contributed by atoms with E-state index in [1.54, 1.807) is 0 Å². The predicted molar refractivity (Wildman–Crippen MR) is 85.2 cm³/mol. The summed E-state index contributed by atoms with van der Waals surface area (Å²) in [6.07, 6.45) is 2.53. The molecule has 1 aliphatic rings. The molecule has 0 saturated carbocycles. The van der Waals surface area contributed by atoms with E-state index in [0.717, 1.165) is 42.8 Å². The lowest BCUT2D eigenvalue weighted by molar-refractivity contribution is 0.0679. The third-order valence-corrected chi connectivity index (χ3v) is 4.12. The second-order valence-electron chi connectivity index (χ2n) is 5.72. The Hall–Kier alpha value is -0.580. The Bertz CT molecular complexity index is 417. The van der Waals surface area contributed by atoms with Crippen LogP contribution in [0.15, 0.2) is 22.7 Å². The molecular weight excluding hydrogens is 318 g/mol. The van der Waals surface area contributed by atoms with E-state index in [1.165, 1.54) is 5.56 Å². The molecule has 1 atom stereocenters. The molecule has 4 heteroatoms. The summed E-state index contributed by atoms with van der Waals surface area (Å²) < 4.78 is 12.5. The molecule has 20 heavy (non-hydrogen) atoms. The van der Waals surface area contributed by atoms with Crippen molar-refractivity contribution in [3.05, 3.63) is 28.2 Å². The van der Waals surface area contributed by atoms with E-state index < -0.39 is 0 Å². The first-order valence-electron chi connectivity index (χ1n) is 7.38. The number of halogens is 1. The summed E-state index contributed by atoms with van der Waals surface area (Å²) in [7, 11) is 0. The van der Waals surface area contributed by atoms with Gasteiger partial charge in [0.25, 0.3) is 0 Å². The van der Waals surface area contributed by atoms with Gasteiger partial charge in [-0.2, -0.15) is 0 Å². The quantitative estimate of drug-likeness (QED) is 0.819. The molecule has 0 aromatic heterocycles. The van der Waals surface area contributed by atoms with Gasteiger partial charge in [0.05, 0.1) is 6.10 Å². The Labute approximate surface area is 130 Å². The normalized spacial score (nSPS) is 18.7. The molecule has 112 valence electrons. The first-order chi connectivity index (χ1) is 9.65. The van der Waals surface area contributed by atoms with Crippen molar-refractivity contribution in [1.29, 1.82) is 0 Å². The minimum Gasteiger partial charge on any atom is -0.491 e. The molecule has 1 unspecified atom stereocenters. The first kappa shape index (κ1) is 15.8. The Morgan fingerprint density at radius 3 is 3.00 bits per heavy atom. The molecule has 1 aromatic rings. The number of hydrogen-bond donors (Lipinski definition) is 1. The molecule has 3 nitrogen and oxygen atoms in total. The minimum absolute atomic E-state index is 0.265. The fourth-order valence-electron chi connectivity index (χ4n) is 2.24. The largest absolute Gasteiger partial charge is 0.491 e. The Morgan fingerprint density at radius 1 is 1.45 bits per heavy atom. The number of hydrogen-bond acceptors (Lipinski definition) is 3. The van der Waals surface area contributed by atoms with E-state index in [0.29, 0.717) is 12.5 Å². The summed E-state index contributed by atoms with van der Waals surface area (Å²) in [6.45, 7) is 7.83. The maximum Gasteiger partial charge on any atom is 0.119 e. The maximum absolute atomic E-state index is 5.84. The van der Waals surface area contributed by atoms with Gasteiger partial charge in [0.15, 0.2) is 0 Å². The molecule has 0 aliphatic carbocycles. The van der Waals surface area contributed by atoms with Crippen molar-refractivity contribution in [2.45, 2.75) is 39.3 Å². The monoisotopic (exact) mass is 341 g/mol. The molecule has 2 rings (SSSR count). The fraction of sp³-hybridized carbons (Fsp3) is 0.625. The summed E-state index contributed by atoms with van der Waals surface area (Å²) in [6, 6.07) is 6.16. The average molecular weight is 342 g/mol. The van der Waals surface area contributed by atoms with Gasteiger partial charge in [-0.15, -0.1) is 0 Å². The van der Waals surface area contributed by atoms with Crippen molar-refractivity contribution in [2.24, 2.45) is 5.92 Å². The highest BCUT2D eigenvalue weighted by Gasteiger charge is 2.16. The standard InChI is InChI=1S/C16H24BrNO2/c1-12(2)9-18-10-13-8-14(5-6-16(13)17)20-11-15-4-3-7-19-15/h5-6,8,12,15,18H,3-4,7,9-11H2,1-2H3. The smallest absolute Gasteiger partial charge is 0.119 e. The van der Waals surface area contributed by atoms with Crippen LogP contribution in [0.3, 0.4) is 0 Å². The average Bonchev–Trinajstić information content (AvgIpc) is 2.92. The van der Waals surface area contributed by atoms with Crippen LogP contribution in [-0.4, -0.2) is 25.9 Å². The Kier molecular flexibility index (Phi) is 6.33.